The minimum absolute atomic E-state index is 0.0682. The molecule has 3 nitrogen and oxygen atoms in total. The normalized spacial score (nSPS) is 10.0. The van der Waals surface area contributed by atoms with Crippen LogP contribution in [-0.4, -0.2) is 22.9 Å². The van der Waals surface area contributed by atoms with Crippen LogP contribution in [0.5, 0.6) is 0 Å². The fourth-order valence-electron chi connectivity index (χ4n) is 1.18. The Morgan fingerprint density at radius 3 is 2.88 bits per heavy atom. The lowest BCUT2D eigenvalue weighted by Crippen LogP contribution is -2.14. The highest BCUT2D eigenvalue weighted by molar-refractivity contribution is 7.98. The van der Waals surface area contributed by atoms with Crippen LogP contribution in [0.15, 0.2) is 18.2 Å². The summed E-state index contributed by atoms with van der Waals surface area (Å²) in [5, 5.41) is 3.22. The summed E-state index contributed by atoms with van der Waals surface area (Å²) in [6.45, 7) is 0. The van der Waals surface area contributed by atoms with E-state index < -0.39 is 0 Å². The monoisotopic (exact) mass is 288 g/mol. The maximum absolute atomic E-state index is 11.6. The molecule has 92 valence electrons. The standard InChI is InChI=1S/C11H13ClN2OS2/c1-17-5-4-10(15)14-9-6-7(11(13)16)2-3-8(9)12/h2-3,6H,4-5H2,1H3,(H2,13,16)(H,14,15). The Morgan fingerprint density at radius 1 is 1.59 bits per heavy atom. The molecule has 1 amide bonds. The Hall–Kier alpha value is -0.780. The van der Waals surface area contributed by atoms with E-state index in [-0.39, 0.29) is 10.9 Å². The van der Waals surface area contributed by atoms with Gasteiger partial charge in [-0.2, -0.15) is 11.8 Å². The van der Waals surface area contributed by atoms with Gasteiger partial charge in [-0.25, -0.2) is 0 Å². The molecule has 1 aromatic rings. The van der Waals surface area contributed by atoms with E-state index in [1.54, 1.807) is 30.0 Å². The quantitative estimate of drug-likeness (QED) is 0.818. The molecule has 0 saturated heterocycles. The van der Waals surface area contributed by atoms with Crippen LogP contribution in [0.4, 0.5) is 5.69 Å². The number of benzene rings is 1. The molecule has 0 fully saturated rings. The molecular weight excluding hydrogens is 276 g/mol. The molecule has 0 bridgehead atoms. The molecule has 1 rings (SSSR count). The molecule has 0 spiro atoms. The van der Waals surface area contributed by atoms with E-state index in [1.165, 1.54) is 0 Å². The van der Waals surface area contributed by atoms with Crippen LogP contribution in [0.25, 0.3) is 0 Å². The number of carbonyl (C=O) groups is 1. The number of hydrogen-bond acceptors (Lipinski definition) is 3. The first kappa shape index (κ1) is 14.3. The number of halogens is 1. The molecule has 0 aliphatic rings. The molecule has 0 unspecified atom stereocenters. The number of thiocarbonyl (C=S) groups is 1. The molecule has 0 aromatic heterocycles. The predicted octanol–water partition coefficient (Wildman–Crippen LogP) is 2.67. The first-order valence-electron chi connectivity index (χ1n) is 4.92. The lowest BCUT2D eigenvalue weighted by Gasteiger charge is -2.08. The minimum Gasteiger partial charge on any atom is -0.389 e. The molecule has 0 aliphatic carbocycles. The SMILES string of the molecule is CSCCC(=O)Nc1cc(C(N)=S)ccc1Cl. The van der Waals surface area contributed by atoms with Gasteiger partial charge in [-0.3, -0.25) is 4.79 Å². The molecule has 0 heterocycles. The zero-order valence-corrected chi connectivity index (χ0v) is 11.7. The molecule has 0 atom stereocenters. The van der Waals surface area contributed by atoms with Crippen molar-refractivity contribution in [1.82, 2.24) is 0 Å². The van der Waals surface area contributed by atoms with E-state index in [0.717, 1.165) is 5.75 Å². The van der Waals surface area contributed by atoms with Gasteiger partial charge in [-0.1, -0.05) is 29.9 Å². The molecule has 6 heteroatoms. The van der Waals surface area contributed by atoms with E-state index in [1.807, 2.05) is 6.26 Å². The van der Waals surface area contributed by atoms with Crippen LogP contribution in [0, 0.1) is 0 Å². The Balaban J connectivity index is 2.79. The second kappa shape index (κ2) is 6.83. The van der Waals surface area contributed by atoms with Crippen molar-refractivity contribution in [2.75, 3.05) is 17.3 Å². The summed E-state index contributed by atoms with van der Waals surface area (Å²) in [7, 11) is 0. The van der Waals surface area contributed by atoms with Gasteiger partial charge >= 0.3 is 0 Å². The predicted molar refractivity (Wildman–Crippen MR) is 79.0 cm³/mol. The zero-order valence-electron chi connectivity index (χ0n) is 9.33. The maximum Gasteiger partial charge on any atom is 0.225 e. The Bertz CT molecular complexity index is 437. The summed E-state index contributed by atoms with van der Waals surface area (Å²) in [6, 6.07) is 5.07. The molecule has 0 radical (unpaired) electrons. The van der Waals surface area contributed by atoms with Crippen LogP contribution >= 0.6 is 35.6 Å². The van der Waals surface area contributed by atoms with Gasteiger partial charge < -0.3 is 11.1 Å². The first-order valence-corrected chi connectivity index (χ1v) is 7.10. The lowest BCUT2D eigenvalue weighted by molar-refractivity contribution is -0.115. The minimum atomic E-state index is -0.0682. The van der Waals surface area contributed by atoms with E-state index in [2.05, 4.69) is 5.32 Å². The van der Waals surface area contributed by atoms with Crippen molar-refractivity contribution in [3.8, 4) is 0 Å². The van der Waals surface area contributed by atoms with E-state index in [4.69, 9.17) is 29.6 Å². The summed E-state index contributed by atoms with van der Waals surface area (Å²) >= 11 is 12.5. The Kier molecular flexibility index (Phi) is 5.74. The van der Waals surface area contributed by atoms with Crippen molar-refractivity contribution in [3.63, 3.8) is 0 Å². The summed E-state index contributed by atoms with van der Waals surface area (Å²) in [5.41, 5.74) is 6.75. The highest BCUT2D eigenvalue weighted by atomic mass is 35.5. The van der Waals surface area contributed by atoms with Crippen LogP contribution in [-0.2, 0) is 4.79 Å². The van der Waals surface area contributed by atoms with Gasteiger partial charge in [0, 0.05) is 17.7 Å². The van der Waals surface area contributed by atoms with E-state index in [0.29, 0.717) is 22.7 Å². The second-order valence-corrected chi connectivity index (χ2v) is 5.18. The summed E-state index contributed by atoms with van der Waals surface area (Å²) < 4.78 is 0. The van der Waals surface area contributed by atoms with Gasteiger partial charge in [0.25, 0.3) is 0 Å². The molecule has 0 aliphatic heterocycles. The third-order valence-electron chi connectivity index (χ3n) is 2.06. The lowest BCUT2D eigenvalue weighted by atomic mass is 10.2. The topological polar surface area (TPSA) is 55.1 Å². The summed E-state index contributed by atoms with van der Waals surface area (Å²) in [4.78, 5) is 11.8. The molecule has 1 aromatic carbocycles. The number of amides is 1. The second-order valence-electron chi connectivity index (χ2n) is 3.35. The van der Waals surface area contributed by atoms with Crippen LogP contribution in [0.1, 0.15) is 12.0 Å². The average Bonchev–Trinajstić information content (AvgIpc) is 2.29. The van der Waals surface area contributed by atoms with Crippen molar-refractivity contribution in [3.05, 3.63) is 28.8 Å². The molecule has 3 N–H and O–H groups in total. The fourth-order valence-corrected chi connectivity index (χ4v) is 1.86. The fraction of sp³-hybridized carbons (Fsp3) is 0.273. The number of nitrogens with one attached hydrogen (secondary N) is 1. The molecule has 0 saturated carbocycles. The third kappa shape index (κ3) is 4.53. The Morgan fingerprint density at radius 2 is 2.29 bits per heavy atom. The number of carbonyl (C=O) groups excluding carboxylic acids is 1. The van der Waals surface area contributed by atoms with Gasteiger partial charge in [-0.05, 0) is 18.4 Å². The van der Waals surface area contributed by atoms with Crippen molar-refractivity contribution in [1.29, 1.82) is 0 Å². The number of hydrogen-bond donors (Lipinski definition) is 2. The van der Waals surface area contributed by atoms with Crippen molar-refractivity contribution in [2.24, 2.45) is 5.73 Å². The van der Waals surface area contributed by atoms with Gasteiger partial charge in [0.1, 0.15) is 4.99 Å². The first-order chi connectivity index (χ1) is 8.04. The number of thioether (sulfide) groups is 1. The maximum atomic E-state index is 11.6. The summed E-state index contributed by atoms with van der Waals surface area (Å²) in [6.07, 6.45) is 2.41. The van der Waals surface area contributed by atoms with Gasteiger partial charge in [0.05, 0.1) is 10.7 Å². The van der Waals surface area contributed by atoms with Crippen LogP contribution in [0.2, 0.25) is 5.02 Å². The van der Waals surface area contributed by atoms with Crippen LogP contribution in [0.3, 0.4) is 0 Å². The van der Waals surface area contributed by atoms with Crippen molar-refractivity contribution < 1.29 is 4.79 Å². The van der Waals surface area contributed by atoms with E-state index in [9.17, 15) is 4.79 Å². The Labute approximate surface area is 115 Å². The highest BCUT2D eigenvalue weighted by Crippen LogP contribution is 2.23. The average molecular weight is 289 g/mol. The van der Waals surface area contributed by atoms with Gasteiger partial charge in [0.15, 0.2) is 0 Å². The van der Waals surface area contributed by atoms with Crippen LogP contribution < -0.4 is 11.1 Å². The summed E-state index contributed by atoms with van der Waals surface area (Å²) in [5.74, 6) is 0.708. The van der Waals surface area contributed by atoms with Gasteiger partial charge in [-0.15, -0.1) is 0 Å². The zero-order chi connectivity index (χ0) is 12.8. The largest absolute Gasteiger partial charge is 0.389 e. The smallest absolute Gasteiger partial charge is 0.225 e. The third-order valence-corrected chi connectivity index (χ3v) is 3.24. The highest BCUT2D eigenvalue weighted by Gasteiger charge is 2.07. The molecular formula is C11H13ClN2OS2. The number of rotatable bonds is 5. The number of nitrogens with two attached hydrogens (primary N) is 1. The molecule has 17 heavy (non-hydrogen) atoms. The number of anilines is 1. The van der Waals surface area contributed by atoms with Crippen molar-refractivity contribution in [2.45, 2.75) is 6.42 Å². The van der Waals surface area contributed by atoms with Crippen molar-refractivity contribution >= 4 is 52.2 Å². The van der Waals surface area contributed by atoms with E-state index >= 15 is 0 Å². The van der Waals surface area contributed by atoms with Gasteiger partial charge in [0.2, 0.25) is 5.91 Å².